The van der Waals surface area contributed by atoms with Crippen LogP contribution in [0.2, 0.25) is 0 Å². The first kappa shape index (κ1) is 14.5. The number of nitrogens with one attached hydrogen (secondary N) is 2. The average molecular weight is 262 g/mol. The number of alkyl carbamates (subject to hydrolysis) is 2. The fraction of sp³-hybridized carbons (Fsp3) is 0.800. The normalized spacial score (nSPS) is 23.0. The van der Waals surface area contributed by atoms with Crippen molar-refractivity contribution in [2.24, 2.45) is 0 Å². The largest absolute Gasteiger partial charge is 0.450 e. The molecule has 1 aliphatic heterocycles. The Morgan fingerprint density at radius 1 is 1.00 bits per heavy atom. The minimum Gasteiger partial charge on any atom is -0.450 e. The summed E-state index contributed by atoms with van der Waals surface area (Å²) in [6.07, 6.45) is -2.88. The fourth-order valence-corrected chi connectivity index (χ4v) is 1.34. The Hall–Kier alpha value is -1.54. The number of ether oxygens (including phenoxy) is 4. The van der Waals surface area contributed by atoms with Crippen LogP contribution in [0.3, 0.4) is 0 Å². The molecule has 0 aromatic carbocycles. The van der Waals surface area contributed by atoms with Gasteiger partial charge in [-0.2, -0.15) is 0 Å². The molecule has 0 aromatic rings. The molecule has 0 spiro atoms. The summed E-state index contributed by atoms with van der Waals surface area (Å²) >= 11 is 0. The molecule has 0 aliphatic carbocycles. The van der Waals surface area contributed by atoms with Gasteiger partial charge in [-0.25, -0.2) is 9.59 Å². The maximum atomic E-state index is 11.3. The molecular weight excluding hydrogens is 244 g/mol. The smallest absolute Gasteiger partial charge is 0.409 e. The zero-order valence-electron chi connectivity index (χ0n) is 10.4. The second-order valence-corrected chi connectivity index (χ2v) is 3.31. The van der Waals surface area contributed by atoms with Gasteiger partial charge in [0.15, 0.2) is 12.5 Å². The van der Waals surface area contributed by atoms with E-state index >= 15 is 0 Å². The average Bonchev–Trinajstić information content (AvgIpc) is 2.32. The summed E-state index contributed by atoms with van der Waals surface area (Å²) in [7, 11) is 0. The summed E-state index contributed by atoms with van der Waals surface area (Å²) in [4.78, 5) is 22.5. The lowest BCUT2D eigenvalue weighted by Crippen LogP contribution is -2.57. The molecule has 2 unspecified atom stereocenters. The van der Waals surface area contributed by atoms with Crippen molar-refractivity contribution < 1.29 is 28.5 Å². The Labute approximate surface area is 105 Å². The van der Waals surface area contributed by atoms with Crippen LogP contribution in [0.5, 0.6) is 0 Å². The number of hydrogen-bond donors (Lipinski definition) is 2. The van der Waals surface area contributed by atoms with E-state index in [4.69, 9.17) is 18.9 Å². The molecule has 8 nitrogen and oxygen atoms in total. The third kappa shape index (κ3) is 4.76. The van der Waals surface area contributed by atoms with E-state index in [1.54, 1.807) is 13.8 Å². The fourth-order valence-electron chi connectivity index (χ4n) is 1.34. The van der Waals surface area contributed by atoms with E-state index in [-0.39, 0.29) is 13.2 Å². The van der Waals surface area contributed by atoms with E-state index in [1.165, 1.54) is 0 Å². The van der Waals surface area contributed by atoms with Crippen molar-refractivity contribution in [2.45, 2.75) is 26.3 Å². The highest BCUT2D eigenvalue weighted by atomic mass is 16.6. The van der Waals surface area contributed by atoms with Crippen molar-refractivity contribution in [3.05, 3.63) is 0 Å². The van der Waals surface area contributed by atoms with E-state index in [9.17, 15) is 9.59 Å². The molecule has 2 atom stereocenters. The molecule has 104 valence electrons. The Morgan fingerprint density at radius 2 is 1.39 bits per heavy atom. The van der Waals surface area contributed by atoms with Crippen LogP contribution in [0.25, 0.3) is 0 Å². The molecule has 1 heterocycles. The van der Waals surface area contributed by atoms with E-state index in [2.05, 4.69) is 10.6 Å². The second kappa shape index (κ2) is 7.72. The third-order valence-electron chi connectivity index (χ3n) is 2.02. The zero-order chi connectivity index (χ0) is 13.4. The number of rotatable bonds is 4. The maximum absolute atomic E-state index is 11.3. The molecular formula is C10H18N2O6. The van der Waals surface area contributed by atoms with E-state index < -0.39 is 24.6 Å². The lowest BCUT2D eigenvalue weighted by molar-refractivity contribution is -0.157. The van der Waals surface area contributed by atoms with Gasteiger partial charge >= 0.3 is 12.2 Å². The predicted molar refractivity (Wildman–Crippen MR) is 59.8 cm³/mol. The highest BCUT2D eigenvalue weighted by Gasteiger charge is 2.30. The minimum atomic E-state index is -0.804. The molecule has 1 saturated heterocycles. The Balaban J connectivity index is 2.46. The van der Waals surface area contributed by atoms with Crippen molar-refractivity contribution in [1.82, 2.24) is 10.6 Å². The Kier molecular flexibility index (Phi) is 6.23. The van der Waals surface area contributed by atoms with Gasteiger partial charge in [0.05, 0.1) is 26.4 Å². The minimum absolute atomic E-state index is 0.245. The van der Waals surface area contributed by atoms with Crippen LogP contribution < -0.4 is 10.6 Å². The van der Waals surface area contributed by atoms with Gasteiger partial charge in [-0.05, 0) is 13.8 Å². The van der Waals surface area contributed by atoms with Crippen LogP contribution >= 0.6 is 0 Å². The predicted octanol–water partition coefficient (Wildman–Crippen LogP) is 0.178. The van der Waals surface area contributed by atoms with Gasteiger partial charge in [-0.15, -0.1) is 0 Å². The molecule has 1 aliphatic rings. The molecule has 0 saturated carbocycles. The molecule has 1 fully saturated rings. The molecule has 18 heavy (non-hydrogen) atoms. The van der Waals surface area contributed by atoms with Crippen molar-refractivity contribution in [3.8, 4) is 0 Å². The summed E-state index contributed by atoms with van der Waals surface area (Å²) in [6, 6.07) is 0. The van der Waals surface area contributed by atoms with Crippen LogP contribution in [-0.4, -0.2) is 51.1 Å². The van der Waals surface area contributed by atoms with Crippen molar-refractivity contribution in [2.75, 3.05) is 26.4 Å². The molecule has 0 bridgehead atoms. The summed E-state index contributed by atoms with van der Waals surface area (Å²) < 4.78 is 20.0. The van der Waals surface area contributed by atoms with Gasteiger partial charge in [-0.1, -0.05) is 0 Å². The molecule has 2 N–H and O–H groups in total. The summed E-state index contributed by atoms with van der Waals surface area (Å²) in [5.74, 6) is 0. The topological polar surface area (TPSA) is 95.1 Å². The number of carbonyl (C=O) groups is 2. The highest BCUT2D eigenvalue weighted by molar-refractivity contribution is 5.69. The first-order chi connectivity index (χ1) is 8.67. The number of carbonyl (C=O) groups excluding carboxylic acids is 2. The lowest BCUT2D eigenvalue weighted by atomic mass is 10.4. The van der Waals surface area contributed by atoms with E-state index in [1.807, 2.05) is 0 Å². The number of amides is 2. The number of hydrogen-bond acceptors (Lipinski definition) is 6. The Morgan fingerprint density at radius 3 is 1.72 bits per heavy atom. The summed E-state index contributed by atoms with van der Waals surface area (Å²) in [5.41, 5.74) is 0. The van der Waals surface area contributed by atoms with Gasteiger partial charge in [0.25, 0.3) is 0 Å². The first-order valence-corrected chi connectivity index (χ1v) is 5.77. The standard InChI is InChI=1S/C10H18N2O6/c1-3-15-9(13)11-7-8(18-6-5-17-7)12-10(14)16-4-2/h7-8H,3-6H2,1-2H3,(H,11,13)(H,12,14). The second-order valence-electron chi connectivity index (χ2n) is 3.31. The molecule has 8 heteroatoms. The van der Waals surface area contributed by atoms with E-state index in [0.29, 0.717) is 13.2 Å². The molecule has 0 aromatic heterocycles. The highest BCUT2D eigenvalue weighted by Crippen LogP contribution is 2.06. The third-order valence-corrected chi connectivity index (χ3v) is 2.02. The van der Waals surface area contributed by atoms with Crippen molar-refractivity contribution >= 4 is 12.2 Å². The summed E-state index contributed by atoms with van der Waals surface area (Å²) in [6.45, 7) is 4.50. The maximum Gasteiger partial charge on any atom is 0.409 e. The van der Waals surface area contributed by atoms with Gasteiger partial charge in [0, 0.05) is 0 Å². The van der Waals surface area contributed by atoms with Gasteiger partial charge in [-0.3, -0.25) is 10.6 Å². The zero-order valence-corrected chi connectivity index (χ0v) is 10.4. The monoisotopic (exact) mass is 262 g/mol. The molecule has 1 rings (SSSR count). The van der Waals surface area contributed by atoms with Crippen LogP contribution in [0.4, 0.5) is 9.59 Å². The van der Waals surface area contributed by atoms with Gasteiger partial charge in [0.2, 0.25) is 0 Å². The molecule has 0 radical (unpaired) electrons. The molecule has 2 amide bonds. The SMILES string of the molecule is CCOC(=O)NC1OCCOC1NC(=O)OCC. The van der Waals surface area contributed by atoms with Crippen molar-refractivity contribution in [1.29, 1.82) is 0 Å². The lowest BCUT2D eigenvalue weighted by Gasteiger charge is -2.31. The van der Waals surface area contributed by atoms with Crippen LogP contribution in [-0.2, 0) is 18.9 Å². The van der Waals surface area contributed by atoms with Crippen LogP contribution in [0, 0.1) is 0 Å². The van der Waals surface area contributed by atoms with Crippen molar-refractivity contribution in [3.63, 3.8) is 0 Å². The Bertz CT molecular complexity index is 258. The van der Waals surface area contributed by atoms with Gasteiger partial charge < -0.3 is 18.9 Å². The quantitative estimate of drug-likeness (QED) is 0.750. The van der Waals surface area contributed by atoms with Crippen LogP contribution in [0.1, 0.15) is 13.8 Å². The van der Waals surface area contributed by atoms with Crippen LogP contribution in [0.15, 0.2) is 0 Å². The van der Waals surface area contributed by atoms with E-state index in [0.717, 1.165) is 0 Å². The first-order valence-electron chi connectivity index (χ1n) is 5.77. The van der Waals surface area contributed by atoms with Gasteiger partial charge in [0.1, 0.15) is 0 Å². The summed E-state index contributed by atoms with van der Waals surface area (Å²) in [5, 5.41) is 4.88.